The molecule has 0 N–H and O–H groups in total. The fourth-order valence-corrected chi connectivity index (χ4v) is 5.67. The Morgan fingerprint density at radius 2 is 1.67 bits per heavy atom. The van der Waals surface area contributed by atoms with Gasteiger partial charge in [0.15, 0.2) is 15.0 Å². The van der Waals surface area contributed by atoms with E-state index < -0.39 is 21.5 Å². The van der Waals surface area contributed by atoms with Gasteiger partial charge in [-0.15, -0.1) is 0 Å². The minimum absolute atomic E-state index is 0.0427. The standard InChI is InChI=1S/C22H26ClN3O5S2/c1-25(2)12-5-13-26(19(27)14-33(28,29)16-8-6-15(23)7-9-16)22-24-20-17(30-3)10-11-18(31-4)21(20)32-22/h6-11H,5,12-14H2,1-4H3. The Balaban J connectivity index is 1.97. The lowest BCUT2D eigenvalue weighted by atomic mass is 10.3. The lowest BCUT2D eigenvalue weighted by molar-refractivity contribution is -0.116. The second-order valence-corrected chi connectivity index (χ2v) is 11.0. The predicted octanol–water partition coefficient (Wildman–Crippen LogP) is 3.73. The SMILES string of the molecule is COc1ccc(OC)c2sc(N(CCCN(C)C)C(=O)CS(=O)(=O)c3ccc(Cl)cc3)nc12. The second kappa shape index (κ2) is 10.7. The topological polar surface area (TPSA) is 89.0 Å². The number of carbonyl (C=O) groups is 1. The highest BCUT2D eigenvalue weighted by molar-refractivity contribution is 7.92. The third kappa shape index (κ3) is 5.94. The van der Waals surface area contributed by atoms with Crippen LogP contribution < -0.4 is 14.4 Å². The Morgan fingerprint density at radius 1 is 1.03 bits per heavy atom. The molecule has 1 heterocycles. The van der Waals surface area contributed by atoms with E-state index in [9.17, 15) is 13.2 Å². The van der Waals surface area contributed by atoms with Crippen molar-refractivity contribution in [3.63, 3.8) is 0 Å². The zero-order valence-electron chi connectivity index (χ0n) is 18.9. The number of fused-ring (bicyclic) bond motifs is 1. The molecule has 8 nitrogen and oxygen atoms in total. The van der Waals surface area contributed by atoms with Crippen molar-refractivity contribution in [1.29, 1.82) is 0 Å². The molecule has 0 aliphatic heterocycles. The molecule has 0 spiro atoms. The second-order valence-electron chi connectivity index (χ2n) is 7.56. The zero-order valence-corrected chi connectivity index (χ0v) is 21.3. The van der Waals surface area contributed by atoms with Crippen LogP contribution in [0.4, 0.5) is 5.13 Å². The highest BCUT2D eigenvalue weighted by atomic mass is 35.5. The summed E-state index contributed by atoms with van der Waals surface area (Å²) in [5, 5.41) is 0.811. The Hall–Kier alpha value is -2.40. The number of aromatic nitrogens is 1. The summed E-state index contributed by atoms with van der Waals surface area (Å²) >= 11 is 7.13. The molecule has 0 radical (unpaired) electrons. The van der Waals surface area contributed by atoms with Crippen LogP contribution in [0.25, 0.3) is 10.2 Å². The molecule has 0 atom stereocenters. The quantitative estimate of drug-likeness (QED) is 0.409. The summed E-state index contributed by atoms with van der Waals surface area (Å²) in [7, 11) is 3.11. The number of hydrogen-bond donors (Lipinski definition) is 0. The number of sulfone groups is 1. The van der Waals surface area contributed by atoms with E-state index in [1.54, 1.807) is 26.4 Å². The van der Waals surface area contributed by atoms with E-state index in [4.69, 9.17) is 21.1 Å². The lowest BCUT2D eigenvalue weighted by Crippen LogP contribution is -2.37. The van der Waals surface area contributed by atoms with Gasteiger partial charge in [0, 0.05) is 11.6 Å². The number of halogens is 1. The molecular formula is C22H26ClN3O5S2. The number of rotatable bonds is 10. The minimum atomic E-state index is -3.86. The molecule has 3 rings (SSSR count). The molecule has 0 aliphatic carbocycles. The van der Waals surface area contributed by atoms with Gasteiger partial charge >= 0.3 is 0 Å². The molecule has 0 bridgehead atoms. The Morgan fingerprint density at radius 3 is 2.27 bits per heavy atom. The van der Waals surface area contributed by atoms with Gasteiger partial charge in [-0.05, 0) is 63.5 Å². The normalized spacial score (nSPS) is 11.7. The number of hydrogen-bond acceptors (Lipinski definition) is 8. The molecular weight excluding hydrogens is 486 g/mol. The number of methoxy groups -OCH3 is 2. The summed E-state index contributed by atoms with van der Waals surface area (Å²) in [6.07, 6.45) is 0.643. The number of nitrogens with zero attached hydrogens (tertiary/aromatic N) is 3. The molecule has 3 aromatic rings. The predicted molar refractivity (Wildman–Crippen MR) is 132 cm³/mol. The molecule has 0 fully saturated rings. The van der Waals surface area contributed by atoms with Crippen LogP contribution in [0.2, 0.25) is 5.02 Å². The Labute approximate surface area is 202 Å². The maximum absolute atomic E-state index is 13.3. The third-order valence-corrected chi connectivity index (χ3v) is 7.87. The van der Waals surface area contributed by atoms with Crippen molar-refractivity contribution in [2.75, 3.05) is 52.1 Å². The van der Waals surface area contributed by atoms with Crippen molar-refractivity contribution < 1.29 is 22.7 Å². The fraction of sp³-hybridized carbons (Fsp3) is 0.364. The fourth-order valence-electron chi connectivity index (χ4n) is 3.23. The lowest BCUT2D eigenvalue weighted by Gasteiger charge is -2.21. The van der Waals surface area contributed by atoms with Gasteiger partial charge in [-0.1, -0.05) is 22.9 Å². The van der Waals surface area contributed by atoms with Crippen LogP contribution in [-0.2, 0) is 14.6 Å². The van der Waals surface area contributed by atoms with Crippen LogP contribution in [0.5, 0.6) is 11.5 Å². The molecule has 0 aliphatic rings. The van der Waals surface area contributed by atoms with Gasteiger partial charge in [-0.25, -0.2) is 13.4 Å². The molecule has 0 unspecified atom stereocenters. The van der Waals surface area contributed by atoms with Gasteiger partial charge < -0.3 is 14.4 Å². The van der Waals surface area contributed by atoms with E-state index in [0.29, 0.717) is 40.1 Å². The van der Waals surface area contributed by atoms with Gasteiger partial charge in [0.05, 0.1) is 19.1 Å². The summed E-state index contributed by atoms with van der Waals surface area (Å²) in [6.45, 7) is 1.04. The highest BCUT2D eigenvalue weighted by Crippen LogP contribution is 2.40. The van der Waals surface area contributed by atoms with Crippen molar-refractivity contribution in [3.8, 4) is 11.5 Å². The smallest absolute Gasteiger partial charge is 0.244 e. The van der Waals surface area contributed by atoms with Crippen LogP contribution in [0.1, 0.15) is 6.42 Å². The average Bonchev–Trinajstić information content (AvgIpc) is 3.20. The minimum Gasteiger partial charge on any atom is -0.495 e. The maximum Gasteiger partial charge on any atom is 0.244 e. The van der Waals surface area contributed by atoms with Gasteiger partial charge in [0.25, 0.3) is 0 Å². The van der Waals surface area contributed by atoms with Gasteiger partial charge in [-0.2, -0.15) is 0 Å². The maximum atomic E-state index is 13.3. The third-order valence-electron chi connectivity index (χ3n) is 4.90. The largest absolute Gasteiger partial charge is 0.495 e. The van der Waals surface area contributed by atoms with Crippen LogP contribution in [0, 0.1) is 0 Å². The van der Waals surface area contributed by atoms with Gasteiger partial charge in [0.1, 0.15) is 27.5 Å². The van der Waals surface area contributed by atoms with Crippen molar-refractivity contribution in [1.82, 2.24) is 9.88 Å². The summed E-state index contributed by atoms with van der Waals surface area (Å²) in [5.41, 5.74) is 0.558. The van der Waals surface area contributed by atoms with E-state index in [2.05, 4.69) is 4.98 Å². The van der Waals surface area contributed by atoms with Crippen molar-refractivity contribution in [2.24, 2.45) is 0 Å². The first-order valence-corrected chi connectivity index (χ1v) is 13.0. The van der Waals surface area contributed by atoms with Crippen molar-refractivity contribution in [3.05, 3.63) is 41.4 Å². The van der Waals surface area contributed by atoms with E-state index in [1.165, 1.54) is 40.5 Å². The number of carbonyl (C=O) groups excluding carboxylic acids is 1. The monoisotopic (exact) mass is 511 g/mol. The van der Waals surface area contributed by atoms with Crippen LogP contribution in [0.15, 0.2) is 41.3 Å². The first-order chi connectivity index (χ1) is 15.7. The van der Waals surface area contributed by atoms with E-state index in [0.717, 1.165) is 11.2 Å². The van der Waals surface area contributed by atoms with Gasteiger partial charge in [-0.3, -0.25) is 9.69 Å². The first-order valence-electron chi connectivity index (χ1n) is 10.1. The molecule has 0 saturated carbocycles. The van der Waals surface area contributed by atoms with E-state index in [1.807, 2.05) is 19.0 Å². The Kier molecular flexibility index (Phi) is 8.17. The van der Waals surface area contributed by atoms with Gasteiger partial charge in [0.2, 0.25) is 5.91 Å². The summed E-state index contributed by atoms with van der Waals surface area (Å²) < 4.78 is 37.4. The van der Waals surface area contributed by atoms with Crippen molar-refractivity contribution >= 4 is 54.0 Å². The summed E-state index contributed by atoms with van der Waals surface area (Å²) in [6, 6.07) is 9.28. The molecule has 1 amide bonds. The summed E-state index contributed by atoms with van der Waals surface area (Å²) in [4.78, 5) is 21.4. The van der Waals surface area contributed by atoms with Crippen LogP contribution in [0.3, 0.4) is 0 Å². The van der Waals surface area contributed by atoms with Crippen LogP contribution in [-0.4, -0.2) is 71.4 Å². The number of thiazole rings is 1. The highest BCUT2D eigenvalue weighted by Gasteiger charge is 2.27. The van der Waals surface area contributed by atoms with Crippen LogP contribution >= 0.6 is 22.9 Å². The number of anilines is 1. The molecule has 1 aromatic heterocycles. The molecule has 178 valence electrons. The average molecular weight is 512 g/mol. The Bertz CT molecular complexity index is 1190. The molecule has 0 saturated heterocycles. The van der Waals surface area contributed by atoms with Crippen molar-refractivity contribution in [2.45, 2.75) is 11.3 Å². The van der Waals surface area contributed by atoms with E-state index in [-0.39, 0.29) is 4.90 Å². The first kappa shape index (κ1) is 25.2. The molecule has 33 heavy (non-hydrogen) atoms. The summed E-state index contributed by atoms with van der Waals surface area (Å²) in [5.74, 6) is -0.0895. The number of ether oxygens (including phenoxy) is 2. The van der Waals surface area contributed by atoms with E-state index >= 15 is 0 Å². The number of amides is 1. The number of benzene rings is 2. The molecule has 11 heteroatoms. The molecule has 2 aromatic carbocycles. The zero-order chi connectivity index (χ0) is 24.2.